The van der Waals surface area contributed by atoms with Gasteiger partial charge < -0.3 is 20.7 Å². The molecule has 0 saturated heterocycles. The Morgan fingerprint density at radius 3 is 2.63 bits per heavy atom. The van der Waals surface area contributed by atoms with Crippen LogP contribution < -0.4 is 20.7 Å². The van der Waals surface area contributed by atoms with Crippen LogP contribution in [-0.2, 0) is 4.79 Å². The number of amides is 1. The van der Waals surface area contributed by atoms with E-state index in [1.165, 1.54) is 12.1 Å². The standard InChI is InChI=1S/C20H20FN3O2S/c1-3-26-16-7-5-4-6-15(16)23-19(25)17-12(2)22-20(27)24-18(17)13-8-10-14(21)11-9-13/h4-11,18H,3H2,1-2H3,(H,23,25)(H2,22,24,27). The van der Waals surface area contributed by atoms with E-state index in [4.69, 9.17) is 17.0 Å². The number of anilines is 1. The first-order valence-electron chi connectivity index (χ1n) is 8.56. The molecule has 1 atom stereocenters. The van der Waals surface area contributed by atoms with E-state index in [1.54, 1.807) is 31.2 Å². The Kier molecular flexibility index (Phi) is 5.71. The minimum absolute atomic E-state index is 0.295. The fourth-order valence-corrected chi connectivity index (χ4v) is 3.21. The largest absolute Gasteiger partial charge is 0.492 e. The zero-order valence-corrected chi connectivity index (χ0v) is 15.8. The lowest BCUT2D eigenvalue weighted by Gasteiger charge is -2.30. The molecular weight excluding hydrogens is 365 g/mol. The van der Waals surface area contributed by atoms with Crippen molar-refractivity contribution in [3.8, 4) is 5.75 Å². The Morgan fingerprint density at radius 1 is 1.22 bits per heavy atom. The van der Waals surface area contributed by atoms with Gasteiger partial charge in [0.1, 0.15) is 11.6 Å². The maximum absolute atomic E-state index is 13.3. The number of ether oxygens (including phenoxy) is 1. The number of nitrogens with one attached hydrogen (secondary N) is 3. The van der Waals surface area contributed by atoms with Crippen LogP contribution in [-0.4, -0.2) is 17.6 Å². The Morgan fingerprint density at radius 2 is 1.93 bits per heavy atom. The topological polar surface area (TPSA) is 62.4 Å². The second-order valence-electron chi connectivity index (χ2n) is 6.00. The van der Waals surface area contributed by atoms with Crippen LogP contribution in [0.5, 0.6) is 5.75 Å². The van der Waals surface area contributed by atoms with E-state index in [9.17, 15) is 9.18 Å². The van der Waals surface area contributed by atoms with Gasteiger partial charge in [-0.15, -0.1) is 0 Å². The summed E-state index contributed by atoms with van der Waals surface area (Å²) >= 11 is 5.23. The number of hydrogen-bond donors (Lipinski definition) is 3. The number of hydrogen-bond acceptors (Lipinski definition) is 3. The summed E-state index contributed by atoms with van der Waals surface area (Å²) in [5.41, 5.74) is 2.43. The fourth-order valence-electron chi connectivity index (χ4n) is 2.94. The summed E-state index contributed by atoms with van der Waals surface area (Å²) in [4.78, 5) is 13.1. The predicted molar refractivity (Wildman–Crippen MR) is 107 cm³/mol. The maximum Gasteiger partial charge on any atom is 0.255 e. The number of halogens is 1. The third-order valence-corrected chi connectivity index (χ3v) is 4.37. The minimum atomic E-state index is -0.487. The molecule has 140 valence electrons. The molecule has 0 aliphatic carbocycles. The van der Waals surface area contributed by atoms with Crippen LogP contribution in [0.15, 0.2) is 59.8 Å². The van der Waals surface area contributed by atoms with Gasteiger partial charge in [-0.25, -0.2) is 4.39 Å². The first-order valence-corrected chi connectivity index (χ1v) is 8.97. The van der Waals surface area contributed by atoms with E-state index >= 15 is 0 Å². The number of allylic oxidation sites excluding steroid dienone is 1. The van der Waals surface area contributed by atoms with Crippen molar-refractivity contribution in [2.45, 2.75) is 19.9 Å². The van der Waals surface area contributed by atoms with E-state index in [0.717, 1.165) is 5.56 Å². The molecule has 1 amide bonds. The van der Waals surface area contributed by atoms with Crippen molar-refractivity contribution < 1.29 is 13.9 Å². The highest BCUT2D eigenvalue weighted by molar-refractivity contribution is 7.80. The van der Waals surface area contributed by atoms with E-state index in [0.29, 0.717) is 34.4 Å². The summed E-state index contributed by atoms with van der Waals surface area (Å²) in [5, 5.41) is 9.38. The van der Waals surface area contributed by atoms with Crippen molar-refractivity contribution in [1.82, 2.24) is 10.6 Å². The quantitative estimate of drug-likeness (QED) is 0.686. The lowest BCUT2D eigenvalue weighted by Crippen LogP contribution is -2.45. The molecule has 3 rings (SSSR count). The molecule has 0 spiro atoms. The van der Waals surface area contributed by atoms with Gasteiger partial charge in [-0.1, -0.05) is 24.3 Å². The molecule has 0 bridgehead atoms. The molecule has 27 heavy (non-hydrogen) atoms. The summed E-state index contributed by atoms with van der Waals surface area (Å²) in [6, 6.07) is 12.7. The second-order valence-corrected chi connectivity index (χ2v) is 6.41. The van der Waals surface area contributed by atoms with E-state index in [2.05, 4.69) is 16.0 Å². The fraction of sp³-hybridized carbons (Fsp3) is 0.200. The normalized spacial score (nSPS) is 16.4. The Balaban J connectivity index is 1.93. The van der Waals surface area contributed by atoms with Gasteiger partial charge in [-0.3, -0.25) is 4.79 Å². The zero-order chi connectivity index (χ0) is 19.4. The highest BCUT2D eigenvalue weighted by Gasteiger charge is 2.30. The highest BCUT2D eigenvalue weighted by atomic mass is 32.1. The molecule has 1 heterocycles. The molecule has 1 unspecified atom stereocenters. The number of carbonyl (C=O) groups excluding carboxylic acids is 1. The average molecular weight is 385 g/mol. The molecule has 3 N–H and O–H groups in total. The predicted octanol–water partition coefficient (Wildman–Crippen LogP) is 3.66. The second kappa shape index (κ2) is 8.18. The van der Waals surface area contributed by atoms with Gasteiger partial charge in [0.05, 0.1) is 23.9 Å². The van der Waals surface area contributed by atoms with Crippen LogP contribution in [0.25, 0.3) is 0 Å². The van der Waals surface area contributed by atoms with Gasteiger partial charge in [-0.05, 0) is 55.9 Å². The van der Waals surface area contributed by atoms with Crippen molar-refractivity contribution in [3.63, 3.8) is 0 Å². The number of benzene rings is 2. The molecule has 5 nitrogen and oxygen atoms in total. The summed E-state index contributed by atoms with van der Waals surface area (Å²) in [7, 11) is 0. The van der Waals surface area contributed by atoms with Gasteiger partial charge in [0.15, 0.2) is 5.11 Å². The lowest BCUT2D eigenvalue weighted by atomic mass is 9.95. The smallest absolute Gasteiger partial charge is 0.255 e. The van der Waals surface area contributed by atoms with E-state index in [-0.39, 0.29) is 11.7 Å². The number of rotatable bonds is 5. The minimum Gasteiger partial charge on any atom is -0.492 e. The molecule has 7 heteroatoms. The SMILES string of the molecule is CCOc1ccccc1NC(=O)C1=C(C)NC(=S)NC1c1ccc(F)cc1. The van der Waals surface area contributed by atoms with Crippen molar-refractivity contribution >= 4 is 28.9 Å². The third kappa shape index (κ3) is 4.25. The number of carbonyl (C=O) groups is 1. The average Bonchev–Trinajstić information content (AvgIpc) is 2.63. The van der Waals surface area contributed by atoms with Gasteiger partial charge in [0.25, 0.3) is 5.91 Å². The van der Waals surface area contributed by atoms with Crippen LogP contribution in [0.1, 0.15) is 25.5 Å². The van der Waals surface area contributed by atoms with E-state index in [1.807, 2.05) is 19.1 Å². The van der Waals surface area contributed by atoms with Crippen LogP contribution in [0.2, 0.25) is 0 Å². The van der Waals surface area contributed by atoms with Crippen LogP contribution >= 0.6 is 12.2 Å². The number of para-hydroxylation sites is 2. The molecule has 0 aromatic heterocycles. The molecular formula is C20H20FN3O2S. The molecule has 2 aromatic rings. The Labute approximate surface area is 162 Å². The molecule has 1 aliphatic heterocycles. The van der Waals surface area contributed by atoms with Crippen molar-refractivity contribution in [2.24, 2.45) is 0 Å². The van der Waals surface area contributed by atoms with Gasteiger partial charge >= 0.3 is 0 Å². The van der Waals surface area contributed by atoms with Crippen LogP contribution in [0, 0.1) is 5.82 Å². The van der Waals surface area contributed by atoms with E-state index < -0.39 is 6.04 Å². The summed E-state index contributed by atoms with van der Waals surface area (Å²) < 4.78 is 18.9. The third-order valence-electron chi connectivity index (χ3n) is 4.15. The molecule has 1 aliphatic rings. The molecule has 0 fully saturated rings. The molecule has 0 saturated carbocycles. The van der Waals surface area contributed by atoms with Crippen LogP contribution in [0.3, 0.4) is 0 Å². The Bertz CT molecular complexity index is 896. The first-order chi connectivity index (χ1) is 13.0. The molecule has 2 aromatic carbocycles. The van der Waals surface area contributed by atoms with Crippen LogP contribution in [0.4, 0.5) is 10.1 Å². The highest BCUT2D eigenvalue weighted by Crippen LogP contribution is 2.30. The van der Waals surface area contributed by atoms with Gasteiger partial charge in [0.2, 0.25) is 0 Å². The lowest BCUT2D eigenvalue weighted by molar-refractivity contribution is -0.113. The number of thiocarbonyl (C=S) groups is 1. The summed E-state index contributed by atoms with van der Waals surface area (Å²) in [5.74, 6) is -0.0405. The van der Waals surface area contributed by atoms with Crippen molar-refractivity contribution in [3.05, 3.63) is 71.2 Å². The first kappa shape index (κ1) is 18.8. The monoisotopic (exact) mass is 385 g/mol. The van der Waals surface area contributed by atoms with Crippen molar-refractivity contribution in [1.29, 1.82) is 0 Å². The maximum atomic E-state index is 13.3. The summed E-state index contributed by atoms with van der Waals surface area (Å²) in [6.07, 6.45) is 0. The zero-order valence-electron chi connectivity index (χ0n) is 15.0. The van der Waals surface area contributed by atoms with Crippen molar-refractivity contribution in [2.75, 3.05) is 11.9 Å². The van der Waals surface area contributed by atoms with Gasteiger partial charge in [-0.2, -0.15) is 0 Å². The molecule has 0 radical (unpaired) electrons. The van der Waals surface area contributed by atoms with Gasteiger partial charge in [0, 0.05) is 5.70 Å². The Hall–Kier alpha value is -2.93. The summed E-state index contributed by atoms with van der Waals surface area (Å²) in [6.45, 7) is 4.16.